The molecule has 0 aliphatic heterocycles. The molecular formula is C14H13BrNa2O7S2. The first kappa shape index (κ1) is 26.8. The molecule has 0 saturated heterocycles. The molecule has 2 aromatic rings. The van der Waals surface area contributed by atoms with E-state index in [1.54, 1.807) is 0 Å². The summed E-state index contributed by atoms with van der Waals surface area (Å²) in [6.07, 6.45) is 1.68. The second-order valence-electron chi connectivity index (χ2n) is 4.96. The number of benzene rings is 2. The number of ether oxygens (including phenoxy) is 1. The molecule has 0 unspecified atom stereocenters. The van der Waals surface area contributed by atoms with Crippen molar-refractivity contribution in [3.8, 4) is 5.75 Å². The number of hydrogen-bond acceptors (Lipinski definition) is 7. The molecule has 0 spiro atoms. The van der Waals surface area contributed by atoms with Gasteiger partial charge in [0, 0.05) is 10.7 Å². The van der Waals surface area contributed by atoms with Crippen molar-refractivity contribution in [3.05, 3.63) is 30.3 Å². The zero-order valence-electron chi connectivity index (χ0n) is 14.3. The number of alkyl halides is 1. The third kappa shape index (κ3) is 7.32. The van der Waals surface area contributed by atoms with Gasteiger partial charge in [-0.1, -0.05) is 22.0 Å². The number of hydrogen-bond donors (Lipinski definition) is 0. The van der Waals surface area contributed by atoms with Gasteiger partial charge in [-0.15, -0.1) is 0 Å². The van der Waals surface area contributed by atoms with Crippen LogP contribution in [0, 0.1) is 0 Å². The molecule has 132 valence electrons. The van der Waals surface area contributed by atoms with Crippen molar-refractivity contribution in [3.63, 3.8) is 0 Å². The summed E-state index contributed by atoms with van der Waals surface area (Å²) in [7, 11) is -9.87. The standard InChI is InChI=1S/C14H15BrO7S2.2Na/c15-5-1-2-6-22-11-4-3-10-7-12(23(16,17)18)9-14(13(10)8-11)24(19,20)21;;/h3-4,7-9H,1-2,5-6H2,(H,16,17,18)(H,19,20,21);;/q;2*+1/p-2. The maximum Gasteiger partial charge on any atom is 1.00 e. The number of rotatable bonds is 7. The molecule has 2 rings (SSSR count). The molecule has 26 heavy (non-hydrogen) atoms. The Bertz CT molecular complexity index is 963. The van der Waals surface area contributed by atoms with Gasteiger partial charge >= 0.3 is 59.1 Å². The van der Waals surface area contributed by atoms with Gasteiger partial charge in [0.25, 0.3) is 0 Å². The summed E-state index contributed by atoms with van der Waals surface area (Å²) in [4.78, 5) is -1.53. The number of halogens is 1. The van der Waals surface area contributed by atoms with Crippen LogP contribution in [0.1, 0.15) is 12.8 Å². The summed E-state index contributed by atoms with van der Waals surface area (Å²) >= 11 is 3.29. The van der Waals surface area contributed by atoms with Crippen LogP contribution in [-0.4, -0.2) is 37.9 Å². The van der Waals surface area contributed by atoms with Gasteiger partial charge in [0.15, 0.2) is 0 Å². The van der Waals surface area contributed by atoms with Crippen LogP contribution in [0.3, 0.4) is 0 Å². The van der Waals surface area contributed by atoms with E-state index in [0.29, 0.717) is 18.4 Å². The van der Waals surface area contributed by atoms with Crippen molar-refractivity contribution in [1.29, 1.82) is 0 Å². The van der Waals surface area contributed by atoms with E-state index in [1.165, 1.54) is 18.2 Å². The molecule has 2 aromatic carbocycles. The molecule has 0 radical (unpaired) electrons. The van der Waals surface area contributed by atoms with Crippen LogP contribution in [0.5, 0.6) is 5.75 Å². The van der Waals surface area contributed by atoms with Crippen molar-refractivity contribution in [2.45, 2.75) is 22.6 Å². The molecule has 0 aromatic heterocycles. The van der Waals surface area contributed by atoms with Crippen LogP contribution in [-0.2, 0) is 20.2 Å². The molecule has 0 amide bonds. The van der Waals surface area contributed by atoms with Gasteiger partial charge in [0.2, 0.25) is 0 Å². The summed E-state index contributed by atoms with van der Waals surface area (Å²) < 4.78 is 73.2. The van der Waals surface area contributed by atoms with Crippen molar-refractivity contribution in [2.24, 2.45) is 0 Å². The molecule has 0 saturated carbocycles. The fraction of sp³-hybridized carbons (Fsp3) is 0.286. The van der Waals surface area contributed by atoms with Gasteiger partial charge in [-0.05, 0) is 42.5 Å². The van der Waals surface area contributed by atoms with E-state index < -0.39 is 30.0 Å². The van der Waals surface area contributed by atoms with Gasteiger partial charge in [-0.25, -0.2) is 16.8 Å². The van der Waals surface area contributed by atoms with Crippen molar-refractivity contribution >= 4 is 46.9 Å². The monoisotopic (exact) mass is 482 g/mol. The topological polar surface area (TPSA) is 124 Å². The van der Waals surface area contributed by atoms with E-state index in [0.717, 1.165) is 24.2 Å². The molecule has 0 bridgehead atoms. The normalized spacial score (nSPS) is 11.5. The first-order chi connectivity index (χ1) is 11.1. The largest absolute Gasteiger partial charge is 1.00 e. The van der Waals surface area contributed by atoms with E-state index in [-0.39, 0.29) is 69.9 Å². The maximum atomic E-state index is 11.4. The molecule has 0 fully saturated rings. The van der Waals surface area contributed by atoms with Crippen LogP contribution < -0.4 is 63.9 Å². The Morgan fingerprint density at radius 1 is 0.923 bits per heavy atom. The third-order valence-electron chi connectivity index (χ3n) is 3.22. The second kappa shape index (κ2) is 11.1. The Kier molecular flexibility index (Phi) is 11.4. The van der Waals surface area contributed by atoms with E-state index in [2.05, 4.69) is 15.9 Å². The van der Waals surface area contributed by atoms with Gasteiger partial charge in [-0.3, -0.25) is 0 Å². The number of unbranched alkanes of at least 4 members (excludes halogenated alkanes) is 1. The Labute approximate surface area is 205 Å². The van der Waals surface area contributed by atoms with E-state index in [4.69, 9.17) is 4.74 Å². The second-order valence-corrected chi connectivity index (χ2v) is 8.48. The molecule has 0 heterocycles. The van der Waals surface area contributed by atoms with Crippen LogP contribution in [0.4, 0.5) is 0 Å². The summed E-state index contributed by atoms with van der Waals surface area (Å²) in [5.74, 6) is 0.347. The molecule has 0 atom stereocenters. The molecule has 7 nitrogen and oxygen atoms in total. The minimum Gasteiger partial charge on any atom is -0.744 e. The first-order valence-electron chi connectivity index (χ1n) is 6.81. The van der Waals surface area contributed by atoms with Crippen molar-refractivity contribution < 1.29 is 89.8 Å². The van der Waals surface area contributed by atoms with Gasteiger partial charge in [-0.2, -0.15) is 0 Å². The fourth-order valence-corrected chi connectivity index (χ4v) is 3.83. The third-order valence-corrected chi connectivity index (χ3v) is 5.47. The summed E-state index contributed by atoms with van der Waals surface area (Å²) in [5, 5.41) is 0.989. The van der Waals surface area contributed by atoms with Crippen molar-refractivity contribution in [2.75, 3.05) is 11.9 Å². The van der Waals surface area contributed by atoms with E-state index in [9.17, 15) is 25.9 Å². The molecule has 0 N–H and O–H groups in total. The summed E-state index contributed by atoms with van der Waals surface area (Å²) in [6, 6.07) is 5.87. The fourth-order valence-electron chi connectivity index (χ4n) is 2.10. The SMILES string of the molecule is O=S(=O)([O-])c1cc(S(=O)(=O)[O-])c2cc(OCCCCBr)ccc2c1.[Na+].[Na+]. The molecular weight excluding hydrogens is 470 g/mol. The molecule has 0 aliphatic carbocycles. The van der Waals surface area contributed by atoms with Gasteiger partial charge in [0.1, 0.15) is 26.0 Å². The smallest absolute Gasteiger partial charge is 0.744 e. The Balaban J connectivity index is 0.00000312. The summed E-state index contributed by atoms with van der Waals surface area (Å²) in [5.41, 5.74) is 0. The quantitative estimate of drug-likeness (QED) is 0.171. The predicted molar refractivity (Wildman–Crippen MR) is 88.4 cm³/mol. The maximum absolute atomic E-state index is 11.4. The zero-order valence-corrected chi connectivity index (χ0v) is 21.5. The minimum atomic E-state index is -4.97. The zero-order chi connectivity index (χ0) is 18.0. The van der Waals surface area contributed by atoms with Crippen LogP contribution in [0.15, 0.2) is 40.1 Å². The summed E-state index contributed by atoms with van der Waals surface area (Å²) in [6.45, 7) is 0.406. The van der Waals surface area contributed by atoms with E-state index in [1.807, 2.05) is 0 Å². The van der Waals surface area contributed by atoms with Crippen molar-refractivity contribution in [1.82, 2.24) is 0 Å². The average molecular weight is 483 g/mol. The molecule has 12 heteroatoms. The predicted octanol–water partition coefficient (Wildman–Crippen LogP) is -3.79. The van der Waals surface area contributed by atoms with Crippen LogP contribution in [0.25, 0.3) is 10.8 Å². The van der Waals surface area contributed by atoms with Crippen LogP contribution >= 0.6 is 15.9 Å². The molecule has 0 aliphatic rings. The number of fused-ring (bicyclic) bond motifs is 1. The Hall–Kier alpha value is 0.800. The minimum absolute atomic E-state index is 0. The first-order valence-corrected chi connectivity index (χ1v) is 10.7. The Morgan fingerprint density at radius 3 is 2.12 bits per heavy atom. The van der Waals surface area contributed by atoms with Gasteiger partial charge in [0.05, 0.1) is 16.4 Å². The Morgan fingerprint density at radius 2 is 1.58 bits per heavy atom. The van der Waals surface area contributed by atoms with Gasteiger partial charge < -0.3 is 13.8 Å². The average Bonchev–Trinajstić information content (AvgIpc) is 2.48. The van der Waals surface area contributed by atoms with E-state index >= 15 is 0 Å². The van der Waals surface area contributed by atoms with Crippen LogP contribution in [0.2, 0.25) is 0 Å².